The van der Waals surface area contributed by atoms with E-state index in [1.165, 1.54) is 16.8 Å². The number of rotatable bonds is 0. The van der Waals surface area contributed by atoms with Gasteiger partial charge in [0.2, 0.25) is 0 Å². The van der Waals surface area contributed by atoms with Gasteiger partial charge in [-0.15, -0.1) is 0 Å². The molecule has 0 atom stereocenters. The molecule has 1 aliphatic heterocycles. The third kappa shape index (κ3) is 1.23. The van der Waals surface area contributed by atoms with E-state index in [-0.39, 0.29) is 0 Å². The predicted octanol–water partition coefficient (Wildman–Crippen LogP) is 2.72. The van der Waals surface area contributed by atoms with Crippen LogP contribution in [0, 0.1) is 6.92 Å². The lowest BCUT2D eigenvalue weighted by atomic mass is 9.86. The van der Waals surface area contributed by atoms with Gasteiger partial charge in [0.05, 0.1) is 0 Å². The molecule has 1 aromatic rings. The standard InChI is InChI=1S/C12H17N/c1-9-5-6-11-10(7-9)12(2,3)8-13(11)4/h5-7H,8H2,1-4H3. The number of anilines is 1. The highest BCUT2D eigenvalue weighted by Gasteiger charge is 2.32. The average molecular weight is 175 g/mol. The Labute approximate surface area is 80.4 Å². The third-order valence-electron chi connectivity index (χ3n) is 2.92. The van der Waals surface area contributed by atoms with Crippen LogP contribution >= 0.6 is 0 Å². The summed E-state index contributed by atoms with van der Waals surface area (Å²) in [5.41, 5.74) is 4.57. The van der Waals surface area contributed by atoms with E-state index in [4.69, 9.17) is 0 Å². The summed E-state index contributed by atoms with van der Waals surface area (Å²) in [7, 11) is 2.17. The molecule has 13 heavy (non-hydrogen) atoms. The van der Waals surface area contributed by atoms with Gasteiger partial charge in [-0.2, -0.15) is 0 Å². The molecule has 1 aromatic carbocycles. The maximum atomic E-state index is 2.34. The van der Waals surface area contributed by atoms with Crippen LogP contribution in [0.3, 0.4) is 0 Å². The highest BCUT2D eigenvalue weighted by molar-refractivity contribution is 5.62. The Bertz CT molecular complexity index is 339. The van der Waals surface area contributed by atoms with E-state index in [9.17, 15) is 0 Å². The number of fused-ring (bicyclic) bond motifs is 1. The SMILES string of the molecule is Cc1ccc2c(c1)C(C)(C)CN2C. The normalized spacial score (nSPS) is 18.9. The van der Waals surface area contributed by atoms with Crippen molar-refractivity contribution in [1.82, 2.24) is 0 Å². The van der Waals surface area contributed by atoms with Crippen LogP contribution in [0.2, 0.25) is 0 Å². The minimum atomic E-state index is 0.316. The molecule has 0 saturated heterocycles. The lowest BCUT2D eigenvalue weighted by Crippen LogP contribution is -2.24. The van der Waals surface area contributed by atoms with Gasteiger partial charge in [-0.05, 0) is 18.6 Å². The molecule has 0 aromatic heterocycles. The second kappa shape index (κ2) is 2.50. The molecule has 1 nitrogen and oxygen atoms in total. The number of benzene rings is 1. The quantitative estimate of drug-likeness (QED) is 0.586. The maximum absolute atomic E-state index is 2.34. The zero-order valence-electron chi connectivity index (χ0n) is 8.89. The van der Waals surface area contributed by atoms with Crippen LogP contribution in [0.1, 0.15) is 25.0 Å². The van der Waals surface area contributed by atoms with Crippen molar-refractivity contribution in [3.05, 3.63) is 29.3 Å². The highest BCUT2D eigenvalue weighted by atomic mass is 15.1. The van der Waals surface area contributed by atoms with Crippen molar-refractivity contribution in [1.29, 1.82) is 0 Å². The van der Waals surface area contributed by atoms with Gasteiger partial charge in [-0.3, -0.25) is 0 Å². The first-order valence-corrected chi connectivity index (χ1v) is 4.83. The number of nitrogens with zero attached hydrogens (tertiary/aromatic N) is 1. The first kappa shape index (κ1) is 8.61. The molecule has 70 valence electrons. The zero-order valence-corrected chi connectivity index (χ0v) is 8.89. The van der Waals surface area contributed by atoms with E-state index in [1.807, 2.05) is 0 Å². The molecular formula is C12H17N. The first-order chi connectivity index (χ1) is 6.00. The lowest BCUT2D eigenvalue weighted by molar-refractivity contribution is 0.563. The smallest absolute Gasteiger partial charge is 0.0402 e. The summed E-state index contributed by atoms with van der Waals surface area (Å²) in [6, 6.07) is 6.75. The monoisotopic (exact) mass is 175 g/mol. The van der Waals surface area contributed by atoms with Gasteiger partial charge in [0, 0.05) is 24.7 Å². The average Bonchev–Trinajstić information content (AvgIpc) is 2.23. The van der Waals surface area contributed by atoms with Gasteiger partial charge < -0.3 is 4.90 Å². The summed E-state index contributed by atoms with van der Waals surface area (Å²) >= 11 is 0. The molecule has 0 aliphatic carbocycles. The summed E-state index contributed by atoms with van der Waals surface area (Å²) < 4.78 is 0. The van der Waals surface area contributed by atoms with Crippen LogP contribution in [0.25, 0.3) is 0 Å². The summed E-state index contributed by atoms with van der Waals surface area (Å²) in [5, 5.41) is 0. The molecule has 1 aliphatic rings. The maximum Gasteiger partial charge on any atom is 0.0402 e. The van der Waals surface area contributed by atoms with Crippen molar-refractivity contribution in [3.63, 3.8) is 0 Å². The third-order valence-corrected chi connectivity index (χ3v) is 2.92. The predicted molar refractivity (Wildman–Crippen MR) is 57.5 cm³/mol. The Kier molecular flexibility index (Phi) is 1.66. The van der Waals surface area contributed by atoms with Crippen LogP contribution in [-0.4, -0.2) is 13.6 Å². The number of hydrogen-bond acceptors (Lipinski definition) is 1. The highest BCUT2D eigenvalue weighted by Crippen LogP contribution is 2.39. The van der Waals surface area contributed by atoms with Crippen LogP contribution in [-0.2, 0) is 5.41 Å². The van der Waals surface area contributed by atoms with Crippen molar-refractivity contribution in [2.24, 2.45) is 0 Å². The minimum absolute atomic E-state index is 0.316. The van der Waals surface area contributed by atoms with Gasteiger partial charge in [-0.1, -0.05) is 31.5 Å². The second-order valence-corrected chi connectivity index (χ2v) is 4.76. The van der Waals surface area contributed by atoms with Gasteiger partial charge in [-0.25, -0.2) is 0 Å². The number of likely N-dealkylation sites (N-methyl/N-ethyl adjacent to an activating group) is 1. The van der Waals surface area contributed by atoms with Crippen LogP contribution in [0.15, 0.2) is 18.2 Å². The molecule has 0 unspecified atom stereocenters. The molecule has 0 bridgehead atoms. The summed E-state index contributed by atoms with van der Waals surface area (Å²) in [6.45, 7) is 7.92. The van der Waals surface area contributed by atoms with Crippen molar-refractivity contribution in [3.8, 4) is 0 Å². The first-order valence-electron chi connectivity index (χ1n) is 4.83. The Morgan fingerprint density at radius 1 is 1.31 bits per heavy atom. The fourth-order valence-corrected chi connectivity index (χ4v) is 2.29. The lowest BCUT2D eigenvalue weighted by Gasteiger charge is -2.18. The molecule has 0 amide bonds. The molecule has 0 fully saturated rings. The molecule has 1 heterocycles. The van der Waals surface area contributed by atoms with E-state index in [1.54, 1.807) is 0 Å². The van der Waals surface area contributed by atoms with Gasteiger partial charge in [0.15, 0.2) is 0 Å². The van der Waals surface area contributed by atoms with Gasteiger partial charge in [0.25, 0.3) is 0 Å². The minimum Gasteiger partial charge on any atom is -0.373 e. The van der Waals surface area contributed by atoms with Crippen molar-refractivity contribution < 1.29 is 0 Å². The number of aryl methyl sites for hydroxylation is 1. The van der Waals surface area contributed by atoms with Gasteiger partial charge in [0.1, 0.15) is 0 Å². The van der Waals surface area contributed by atoms with E-state index >= 15 is 0 Å². The molecule has 0 N–H and O–H groups in total. The molecule has 0 spiro atoms. The van der Waals surface area contributed by atoms with E-state index in [0.29, 0.717) is 5.41 Å². The molecule has 1 heteroatoms. The summed E-state index contributed by atoms with van der Waals surface area (Å²) in [5.74, 6) is 0. The van der Waals surface area contributed by atoms with Crippen molar-refractivity contribution >= 4 is 5.69 Å². The Morgan fingerprint density at radius 3 is 2.69 bits per heavy atom. The van der Waals surface area contributed by atoms with Crippen molar-refractivity contribution in [2.75, 3.05) is 18.5 Å². The van der Waals surface area contributed by atoms with Gasteiger partial charge >= 0.3 is 0 Å². The fourth-order valence-electron chi connectivity index (χ4n) is 2.29. The fraction of sp³-hybridized carbons (Fsp3) is 0.500. The topological polar surface area (TPSA) is 3.24 Å². The Balaban J connectivity index is 2.60. The summed E-state index contributed by atoms with van der Waals surface area (Å²) in [4.78, 5) is 2.34. The van der Waals surface area contributed by atoms with E-state index in [2.05, 4.69) is 50.9 Å². The van der Waals surface area contributed by atoms with Crippen LogP contribution in [0.5, 0.6) is 0 Å². The Hall–Kier alpha value is -0.980. The molecule has 2 rings (SSSR count). The molecule has 0 saturated carbocycles. The number of hydrogen-bond donors (Lipinski definition) is 0. The largest absolute Gasteiger partial charge is 0.373 e. The van der Waals surface area contributed by atoms with Crippen molar-refractivity contribution in [2.45, 2.75) is 26.2 Å². The van der Waals surface area contributed by atoms with E-state index < -0.39 is 0 Å². The summed E-state index contributed by atoms with van der Waals surface area (Å²) in [6.07, 6.45) is 0. The van der Waals surface area contributed by atoms with Crippen LogP contribution in [0.4, 0.5) is 5.69 Å². The Morgan fingerprint density at radius 2 is 2.00 bits per heavy atom. The molecule has 0 radical (unpaired) electrons. The molecular weight excluding hydrogens is 158 g/mol. The second-order valence-electron chi connectivity index (χ2n) is 4.76. The zero-order chi connectivity index (χ0) is 9.64. The van der Waals surface area contributed by atoms with Crippen LogP contribution < -0.4 is 4.90 Å². The van der Waals surface area contributed by atoms with E-state index in [0.717, 1.165) is 6.54 Å².